The van der Waals surface area contributed by atoms with Crippen LogP contribution in [0.3, 0.4) is 0 Å². The molecule has 1 unspecified atom stereocenters. The van der Waals surface area contributed by atoms with E-state index >= 15 is 0 Å². The molecule has 5 heteroatoms. The second-order valence-corrected chi connectivity index (χ2v) is 6.08. The van der Waals surface area contributed by atoms with Crippen molar-refractivity contribution in [2.24, 2.45) is 4.99 Å². The van der Waals surface area contributed by atoms with Crippen LogP contribution in [0.4, 0.5) is 0 Å². The lowest BCUT2D eigenvalue weighted by atomic mass is 10.1. The van der Waals surface area contributed by atoms with Gasteiger partial charge in [-0.1, -0.05) is 25.1 Å². The van der Waals surface area contributed by atoms with E-state index in [4.69, 9.17) is 0 Å². The number of rotatable bonds is 7. The van der Waals surface area contributed by atoms with Crippen LogP contribution in [0.2, 0.25) is 0 Å². The van der Waals surface area contributed by atoms with Crippen molar-refractivity contribution < 1.29 is 0 Å². The molecule has 0 fully saturated rings. The summed E-state index contributed by atoms with van der Waals surface area (Å²) in [6, 6.07) is 10.7. The van der Waals surface area contributed by atoms with Crippen LogP contribution in [0, 0.1) is 6.92 Å². The molecule has 2 rings (SSSR count). The summed E-state index contributed by atoms with van der Waals surface area (Å²) < 4.78 is 1.96. The molecule has 2 aromatic rings. The van der Waals surface area contributed by atoms with E-state index in [1.54, 1.807) is 0 Å². The van der Waals surface area contributed by atoms with Crippen molar-refractivity contribution in [3.8, 4) is 5.69 Å². The number of guanidine groups is 1. The van der Waals surface area contributed by atoms with Crippen LogP contribution >= 0.6 is 0 Å². The third-order valence-corrected chi connectivity index (χ3v) is 4.16. The van der Waals surface area contributed by atoms with E-state index < -0.39 is 0 Å². The predicted molar refractivity (Wildman–Crippen MR) is 101 cm³/mol. The lowest BCUT2D eigenvalue weighted by molar-refractivity contribution is 0.620. The van der Waals surface area contributed by atoms with Gasteiger partial charge in [-0.2, -0.15) is 5.10 Å². The fourth-order valence-electron chi connectivity index (χ4n) is 2.47. The van der Waals surface area contributed by atoms with Gasteiger partial charge in [-0.15, -0.1) is 0 Å². The van der Waals surface area contributed by atoms with Crippen molar-refractivity contribution in [1.29, 1.82) is 0 Å². The first-order valence-electron chi connectivity index (χ1n) is 8.71. The summed E-state index contributed by atoms with van der Waals surface area (Å²) in [7, 11) is 1.81. The van der Waals surface area contributed by atoms with E-state index in [1.807, 2.05) is 29.9 Å². The molecule has 0 aliphatic carbocycles. The molecule has 0 amide bonds. The maximum Gasteiger partial charge on any atom is 0.191 e. The van der Waals surface area contributed by atoms with Crippen molar-refractivity contribution >= 4 is 5.96 Å². The van der Waals surface area contributed by atoms with Gasteiger partial charge in [-0.25, -0.2) is 4.68 Å². The Kier molecular flexibility index (Phi) is 6.85. The number of aliphatic imine (C=N–C) groups is 1. The Morgan fingerprint density at radius 2 is 2.04 bits per heavy atom. The number of aromatic nitrogens is 2. The monoisotopic (exact) mass is 327 g/mol. The van der Waals surface area contributed by atoms with Gasteiger partial charge >= 0.3 is 0 Å². The number of nitrogens with zero attached hydrogens (tertiary/aromatic N) is 3. The molecule has 0 spiro atoms. The Hall–Kier alpha value is -2.30. The van der Waals surface area contributed by atoms with Gasteiger partial charge in [0.25, 0.3) is 0 Å². The van der Waals surface area contributed by atoms with Crippen molar-refractivity contribution in [3.63, 3.8) is 0 Å². The van der Waals surface area contributed by atoms with Crippen LogP contribution in [0.25, 0.3) is 5.69 Å². The molecule has 130 valence electrons. The summed E-state index contributed by atoms with van der Waals surface area (Å²) in [6.45, 7) is 7.30. The normalized spacial score (nSPS) is 12.9. The summed E-state index contributed by atoms with van der Waals surface area (Å²) in [6.07, 6.45) is 5.27. The van der Waals surface area contributed by atoms with Crippen molar-refractivity contribution in [2.75, 3.05) is 13.6 Å². The van der Waals surface area contributed by atoms with Crippen molar-refractivity contribution in [3.05, 3.63) is 47.8 Å². The summed E-state index contributed by atoms with van der Waals surface area (Å²) >= 11 is 0. The van der Waals surface area contributed by atoms with Gasteiger partial charge in [0, 0.05) is 25.8 Å². The smallest absolute Gasteiger partial charge is 0.191 e. The summed E-state index contributed by atoms with van der Waals surface area (Å²) in [4.78, 5) is 4.26. The number of aryl methyl sites for hydroxylation is 2. The highest BCUT2D eigenvalue weighted by Crippen LogP contribution is 2.13. The third-order valence-electron chi connectivity index (χ3n) is 4.16. The molecule has 0 aliphatic heterocycles. The lowest BCUT2D eigenvalue weighted by Crippen LogP contribution is -2.42. The molecule has 0 radical (unpaired) electrons. The number of nitrogens with one attached hydrogen (secondary N) is 2. The summed E-state index contributed by atoms with van der Waals surface area (Å²) in [5, 5.41) is 11.4. The molecule has 0 aliphatic rings. The average molecular weight is 327 g/mol. The number of hydrogen-bond donors (Lipinski definition) is 2. The minimum absolute atomic E-state index is 0.433. The zero-order valence-corrected chi connectivity index (χ0v) is 15.2. The first kappa shape index (κ1) is 18.0. The molecule has 0 saturated carbocycles. The highest BCUT2D eigenvalue weighted by molar-refractivity contribution is 5.79. The first-order valence-corrected chi connectivity index (χ1v) is 8.71. The Morgan fingerprint density at radius 1 is 1.29 bits per heavy atom. The lowest BCUT2D eigenvalue weighted by Gasteiger charge is -2.16. The molecular weight excluding hydrogens is 298 g/mol. The van der Waals surface area contributed by atoms with Gasteiger partial charge in [0.2, 0.25) is 0 Å². The fourth-order valence-corrected chi connectivity index (χ4v) is 2.47. The number of hydrogen-bond acceptors (Lipinski definition) is 2. The molecule has 0 bridgehead atoms. The molecule has 24 heavy (non-hydrogen) atoms. The van der Waals surface area contributed by atoms with Crippen molar-refractivity contribution in [1.82, 2.24) is 20.4 Å². The second kappa shape index (κ2) is 9.11. The quantitative estimate of drug-likeness (QED) is 0.467. The Balaban J connectivity index is 1.84. The highest BCUT2D eigenvalue weighted by Gasteiger charge is 2.07. The van der Waals surface area contributed by atoms with Gasteiger partial charge in [-0.05, 0) is 50.8 Å². The van der Waals surface area contributed by atoms with Crippen molar-refractivity contribution in [2.45, 2.75) is 46.1 Å². The van der Waals surface area contributed by atoms with E-state index in [-0.39, 0.29) is 0 Å². The second-order valence-electron chi connectivity index (χ2n) is 6.08. The Bertz CT molecular complexity index is 645. The molecular formula is C19H29N5. The summed E-state index contributed by atoms with van der Waals surface area (Å²) in [5.41, 5.74) is 3.50. The molecule has 1 heterocycles. The minimum atomic E-state index is 0.433. The largest absolute Gasteiger partial charge is 0.356 e. The molecule has 1 aromatic carbocycles. The van der Waals surface area contributed by atoms with E-state index in [0.29, 0.717) is 6.04 Å². The van der Waals surface area contributed by atoms with Gasteiger partial charge < -0.3 is 10.6 Å². The molecule has 2 N–H and O–H groups in total. The van der Waals surface area contributed by atoms with E-state index in [0.717, 1.165) is 43.1 Å². The SMILES string of the molecule is CCC(C)NC(=NC)NCCCc1cn(-c2ccccc2)nc1C. The van der Waals surface area contributed by atoms with Gasteiger partial charge in [0.15, 0.2) is 5.96 Å². The molecule has 5 nitrogen and oxygen atoms in total. The number of para-hydroxylation sites is 1. The standard InChI is InChI=1S/C19H29N5/c1-5-15(2)22-19(20-4)21-13-9-10-17-14-24(23-16(17)3)18-11-7-6-8-12-18/h6-8,11-12,14-15H,5,9-10,13H2,1-4H3,(H2,20,21,22). The molecule has 1 aromatic heterocycles. The van der Waals surface area contributed by atoms with Crippen LogP contribution in [0.1, 0.15) is 37.9 Å². The van der Waals surface area contributed by atoms with Crippen LogP contribution in [-0.2, 0) is 6.42 Å². The fraction of sp³-hybridized carbons (Fsp3) is 0.474. The van der Waals surface area contributed by atoms with Gasteiger partial charge in [-0.3, -0.25) is 4.99 Å². The summed E-state index contributed by atoms with van der Waals surface area (Å²) in [5.74, 6) is 0.876. The van der Waals surface area contributed by atoms with Crippen LogP contribution in [0.5, 0.6) is 0 Å². The minimum Gasteiger partial charge on any atom is -0.356 e. The van der Waals surface area contributed by atoms with E-state index in [1.165, 1.54) is 5.56 Å². The Morgan fingerprint density at radius 3 is 2.71 bits per heavy atom. The zero-order chi connectivity index (χ0) is 17.4. The molecule has 0 saturated heterocycles. The van der Waals surface area contributed by atoms with Crippen LogP contribution in [-0.4, -0.2) is 35.4 Å². The topological polar surface area (TPSA) is 54.2 Å². The van der Waals surface area contributed by atoms with Crippen LogP contribution < -0.4 is 10.6 Å². The average Bonchev–Trinajstić information content (AvgIpc) is 2.99. The molecule has 1 atom stereocenters. The highest BCUT2D eigenvalue weighted by atomic mass is 15.3. The van der Waals surface area contributed by atoms with Gasteiger partial charge in [0.1, 0.15) is 0 Å². The zero-order valence-electron chi connectivity index (χ0n) is 15.2. The third kappa shape index (κ3) is 5.11. The maximum atomic E-state index is 4.62. The van der Waals surface area contributed by atoms with E-state index in [2.05, 4.69) is 59.8 Å². The van der Waals surface area contributed by atoms with Crippen LogP contribution in [0.15, 0.2) is 41.5 Å². The maximum absolute atomic E-state index is 4.62. The Labute approximate surface area is 145 Å². The predicted octanol–water partition coefficient (Wildman–Crippen LogP) is 3.08. The number of benzene rings is 1. The van der Waals surface area contributed by atoms with Gasteiger partial charge in [0.05, 0.1) is 11.4 Å². The van der Waals surface area contributed by atoms with E-state index in [9.17, 15) is 0 Å². The first-order chi connectivity index (χ1) is 11.6.